The predicted molar refractivity (Wildman–Crippen MR) is 256 cm³/mol. The molecule has 0 aliphatic heterocycles. The van der Waals surface area contributed by atoms with Crippen molar-refractivity contribution >= 4 is 28.9 Å². The van der Waals surface area contributed by atoms with Crippen molar-refractivity contribution in [3.63, 3.8) is 0 Å². The molecular weight excluding hydrogens is 721 g/mol. The van der Waals surface area contributed by atoms with Crippen LogP contribution in [0.3, 0.4) is 0 Å². The molecule has 0 N–H and O–H groups in total. The smallest absolute Gasteiger partial charge is 0.00259 e. The Balaban J connectivity index is 0.990. The van der Waals surface area contributed by atoms with E-state index in [1.165, 1.54) is 100 Å². The molecule has 0 radical (unpaired) electrons. The third kappa shape index (κ3) is 7.51. The van der Waals surface area contributed by atoms with E-state index in [4.69, 9.17) is 0 Å². The van der Waals surface area contributed by atoms with Crippen molar-refractivity contribution in [2.45, 2.75) is 0 Å². The first-order chi connectivity index (χ1) is 29.7. The molecule has 0 fully saturated rings. The minimum atomic E-state index is 1.17. The quantitative estimate of drug-likeness (QED) is 0.135. The van der Waals surface area contributed by atoms with E-state index in [0.717, 1.165) is 0 Å². The van der Waals surface area contributed by atoms with Crippen LogP contribution in [0.4, 0.5) is 0 Å². The maximum atomic E-state index is 2.39. The lowest BCUT2D eigenvalue weighted by molar-refractivity contribution is 1.54. The Morgan fingerprint density at radius 1 is 0.283 bits per heavy atom. The summed E-state index contributed by atoms with van der Waals surface area (Å²) in [6.45, 7) is 0. The molecule has 0 atom stereocenters. The van der Waals surface area contributed by atoms with Gasteiger partial charge in [0.1, 0.15) is 0 Å². The van der Waals surface area contributed by atoms with Gasteiger partial charge in [-0.1, -0.05) is 231 Å². The van der Waals surface area contributed by atoms with Crippen LogP contribution in [0.1, 0.15) is 44.5 Å². The van der Waals surface area contributed by atoms with E-state index in [-0.39, 0.29) is 0 Å². The molecule has 8 aromatic carbocycles. The van der Waals surface area contributed by atoms with Gasteiger partial charge in [-0.05, 0) is 124 Å². The summed E-state index contributed by atoms with van der Waals surface area (Å²) in [6.07, 6.45) is 17.6. The molecule has 0 saturated carbocycles. The van der Waals surface area contributed by atoms with Gasteiger partial charge in [0, 0.05) is 0 Å². The number of allylic oxidation sites excluding steroid dienone is 7. The predicted octanol–water partition coefficient (Wildman–Crippen LogP) is 15.7. The average molecular weight is 763 g/mol. The number of hydrogen-bond acceptors (Lipinski definition) is 0. The van der Waals surface area contributed by atoms with Gasteiger partial charge in [0.2, 0.25) is 0 Å². The van der Waals surface area contributed by atoms with E-state index < -0.39 is 0 Å². The van der Waals surface area contributed by atoms with Crippen LogP contribution in [0.25, 0.3) is 62.3 Å². The van der Waals surface area contributed by atoms with E-state index in [9.17, 15) is 0 Å². The Labute approximate surface area is 353 Å². The van der Waals surface area contributed by atoms with E-state index in [1.807, 2.05) is 0 Å². The van der Waals surface area contributed by atoms with Crippen molar-refractivity contribution in [2.75, 3.05) is 0 Å². The van der Waals surface area contributed by atoms with Gasteiger partial charge in [0.05, 0.1) is 0 Å². The highest BCUT2D eigenvalue weighted by molar-refractivity contribution is 6.05. The van der Waals surface area contributed by atoms with Crippen molar-refractivity contribution in [1.29, 1.82) is 0 Å². The van der Waals surface area contributed by atoms with Crippen LogP contribution in [-0.4, -0.2) is 0 Å². The van der Waals surface area contributed by atoms with Gasteiger partial charge in [0.15, 0.2) is 0 Å². The SMILES string of the molecule is C1=CC=CC(=C2c3cc(-c4ccc(C=C(c5ccccc5)c5ccccc5)cc4)ccc3-c3ccc(-c4ccc(C=C(c5ccccc5)c5ccccc5)cc4)cc32)C=C1. The summed E-state index contributed by atoms with van der Waals surface area (Å²) < 4.78 is 0. The zero-order valence-electron chi connectivity index (χ0n) is 33.2. The van der Waals surface area contributed by atoms with Crippen LogP contribution in [-0.2, 0) is 0 Å². The fraction of sp³-hybridized carbons (Fsp3) is 0. The lowest BCUT2D eigenvalue weighted by atomic mass is 9.92. The van der Waals surface area contributed by atoms with E-state index in [2.05, 4.69) is 255 Å². The minimum absolute atomic E-state index is 1.17. The Morgan fingerprint density at radius 3 is 0.967 bits per heavy atom. The standard InChI is InChI=1S/C60H42/c1-2-8-26-51(25-7-1)60-58-41-52(45-31-27-43(28-32-45)39-56(47-17-9-3-10-18-47)48-19-11-4-12-20-48)35-37-54(58)55-38-36-53(42-59(55)60)46-33-29-44(30-34-46)40-57(49-21-13-5-14-22-49)50-23-15-6-16-24-50/h1-42H. The number of rotatable bonds is 8. The fourth-order valence-electron chi connectivity index (χ4n) is 8.47. The highest BCUT2D eigenvalue weighted by Gasteiger charge is 2.26. The number of benzene rings is 8. The van der Waals surface area contributed by atoms with Gasteiger partial charge in [0.25, 0.3) is 0 Å². The second-order valence-corrected chi connectivity index (χ2v) is 15.3. The molecule has 0 heteroatoms. The maximum absolute atomic E-state index is 2.39. The lowest BCUT2D eigenvalue weighted by Crippen LogP contribution is -1.90. The Bertz CT molecular complexity index is 2700. The van der Waals surface area contributed by atoms with Gasteiger partial charge in [-0.3, -0.25) is 0 Å². The summed E-state index contributed by atoms with van der Waals surface area (Å²) in [4.78, 5) is 0. The Hall–Kier alpha value is -7.80. The number of hydrogen-bond donors (Lipinski definition) is 0. The summed E-state index contributed by atoms with van der Waals surface area (Å²) in [5.74, 6) is 0. The number of fused-ring (bicyclic) bond motifs is 3. The van der Waals surface area contributed by atoms with Crippen LogP contribution in [0.5, 0.6) is 0 Å². The molecule has 2 aliphatic carbocycles. The molecular formula is C60H42. The second kappa shape index (κ2) is 16.6. The molecule has 0 unspecified atom stereocenters. The topological polar surface area (TPSA) is 0 Å². The first-order valence-corrected chi connectivity index (χ1v) is 20.7. The minimum Gasteiger partial charge on any atom is -0.0622 e. The first-order valence-electron chi connectivity index (χ1n) is 20.7. The van der Waals surface area contributed by atoms with Crippen LogP contribution in [0.2, 0.25) is 0 Å². The van der Waals surface area contributed by atoms with Gasteiger partial charge in [-0.2, -0.15) is 0 Å². The van der Waals surface area contributed by atoms with Crippen LogP contribution < -0.4 is 0 Å². The second-order valence-electron chi connectivity index (χ2n) is 15.3. The Morgan fingerprint density at radius 2 is 0.617 bits per heavy atom. The largest absolute Gasteiger partial charge is 0.0622 e. The van der Waals surface area contributed by atoms with Gasteiger partial charge >= 0.3 is 0 Å². The normalized spacial score (nSPS) is 12.4. The molecule has 0 saturated heterocycles. The highest BCUT2D eigenvalue weighted by atomic mass is 14.3. The van der Waals surface area contributed by atoms with Crippen LogP contribution in [0.15, 0.2) is 248 Å². The van der Waals surface area contributed by atoms with Gasteiger partial charge in [-0.25, -0.2) is 0 Å². The van der Waals surface area contributed by atoms with Crippen molar-refractivity contribution in [2.24, 2.45) is 0 Å². The molecule has 60 heavy (non-hydrogen) atoms. The molecule has 0 bridgehead atoms. The summed E-state index contributed by atoms with van der Waals surface area (Å²) >= 11 is 0. The molecule has 0 nitrogen and oxygen atoms in total. The van der Waals surface area contributed by atoms with Crippen molar-refractivity contribution in [3.05, 3.63) is 293 Å². The molecule has 2 aliphatic rings. The lowest BCUT2D eigenvalue weighted by Gasteiger charge is -2.11. The average Bonchev–Trinajstić information content (AvgIpc) is 3.42. The Kier molecular flexibility index (Phi) is 10.1. The van der Waals surface area contributed by atoms with Crippen molar-refractivity contribution < 1.29 is 0 Å². The molecule has 8 aromatic rings. The monoisotopic (exact) mass is 762 g/mol. The van der Waals surface area contributed by atoms with Crippen molar-refractivity contribution in [3.8, 4) is 33.4 Å². The van der Waals surface area contributed by atoms with E-state index in [0.29, 0.717) is 0 Å². The summed E-state index contributed by atoms with van der Waals surface area (Å²) in [5.41, 5.74) is 21.9. The van der Waals surface area contributed by atoms with E-state index >= 15 is 0 Å². The first kappa shape index (κ1) is 36.5. The third-order valence-corrected chi connectivity index (χ3v) is 11.5. The van der Waals surface area contributed by atoms with Crippen LogP contribution in [0, 0.1) is 0 Å². The maximum Gasteiger partial charge on any atom is -0.00259 e. The zero-order valence-corrected chi connectivity index (χ0v) is 33.2. The third-order valence-electron chi connectivity index (χ3n) is 11.5. The fourth-order valence-corrected chi connectivity index (χ4v) is 8.47. The molecule has 0 amide bonds. The van der Waals surface area contributed by atoms with Gasteiger partial charge in [-0.15, -0.1) is 0 Å². The van der Waals surface area contributed by atoms with Crippen LogP contribution >= 0.6 is 0 Å². The summed E-state index contributed by atoms with van der Waals surface area (Å²) in [6, 6.07) is 74.5. The molecule has 10 rings (SSSR count). The molecule has 0 heterocycles. The highest BCUT2D eigenvalue weighted by Crippen LogP contribution is 2.49. The zero-order chi connectivity index (χ0) is 40.1. The summed E-state index contributed by atoms with van der Waals surface area (Å²) in [5, 5.41) is 0. The summed E-state index contributed by atoms with van der Waals surface area (Å²) in [7, 11) is 0. The van der Waals surface area contributed by atoms with Gasteiger partial charge < -0.3 is 0 Å². The molecule has 282 valence electrons. The van der Waals surface area contributed by atoms with Crippen molar-refractivity contribution in [1.82, 2.24) is 0 Å². The molecule has 0 spiro atoms. The molecule has 0 aromatic heterocycles. The van der Waals surface area contributed by atoms with E-state index in [1.54, 1.807) is 0 Å².